The fourth-order valence-electron chi connectivity index (χ4n) is 1.55. The molecule has 2 aromatic rings. The van der Waals surface area contributed by atoms with Gasteiger partial charge < -0.3 is 11.1 Å². The second kappa shape index (κ2) is 4.56. The summed E-state index contributed by atoms with van der Waals surface area (Å²) < 4.78 is 27.3. The summed E-state index contributed by atoms with van der Waals surface area (Å²) in [4.78, 5) is 7.74. The summed E-state index contributed by atoms with van der Waals surface area (Å²) in [6, 6.07) is 4.12. The third-order valence-electron chi connectivity index (χ3n) is 2.41. The summed E-state index contributed by atoms with van der Waals surface area (Å²) in [7, 11) is 0. The molecule has 0 aliphatic heterocycles. The molecule has 0 unspecified atom stereocenters. The SMILES string of the molecule is Cc1cc(Nc2c(F)ccc(C)c2F)nc(N)n1. The predicted molar refractivity (Wildman–Crippen MR) is 65.6 cm³/mol. The molecule has 1 aromatic heterocycles. The Labute approximate surface area is 103 Å². The van der Waals surface area contributed by atoms with Gasteiger partial charge in [0.2, 0.25) is 5.95 Å². The third-order valence-corrected chi connectivity index (χ3v) is 2.41. The molecule has 0 radical (unpaired) electrons. The molecule has 4 nitrogen and oxygen atoms in total. The number of aromatic nitrogens is 2. The van der Waals surface area contributed by atoms with E-state index in [0.29, 0.717) is 11.3 Å². The summed E-state index contributed by atoms with van der Waals surface area (Å²) in [6.45, 7) is 3.27. The number of rotatable bonds is 2. The summed E-state index contributed by atoms with van der Waals surface area (Å²) >= 11 is 0. The molecule has 6 heteroatoms. The molecule has 2 rings (SSSR count). The van der Waals surface area contributed by atoms with Crippen LogP contribution in [-0.2, 0) is 0 Å². The van der Waals surface area contributed by atoms with Crippen LogP contribution in [0.2, 0.25) is 0 Å². The summed E-state index contributed by atoms with van der Waals surface area (Å²) in [6.07, 6.45) is 0. The van der Waals surface area contributed by atoms with Gasteiger partial charge in [-0.05, 0) is 25.5 Å². The molecule has 0 spiro atoms. The lowest BCUT2D eigenvalue weighted by Crippen LogP contribution is -2.04. The van der Waals surface area contributed by atoms with Gasteiger partial charge in [-0.15, -0.1) is 0 Å². The maximum Gasteiger partial charge on any atom is 0.222 e. The van der Waals surface area contributed by atoms with E-state index in [1.165, 1.54) is 12.1 Å². The highest BCUT2D eigenvalue weighted by Gasteiger charge is 2.12. The molecule has 0 bridgehead atoms. The first-order chi connectivity index (χ1) is 8.47. The standard InChI is InChI=1S/C12H12F2N4/c1-6-3-4-8(13)11(10(6)14)17-9-5-7(2)16-12(15)18-9/h3-5H,1-2H3,(H3,15,16,17,18). The van der Waals surface area contributed by atoms with Gasteiger partial charge in [0.15, 0.2) is 5.82 Å². The van der Waals surface area contributed by atoms with Crippen molar-refractivity contribution in [3.05, 3.63) is 41.1 Å². The smallest absolute Gasteiger partial charge is 0.222 e. The van der Waals surface area contributed by atoms with Crippen molar-refractivity contribution in [2.45, 2.75) is 13.8 Å². The van der Waals surface area contributed by atoms with Crippen molar-refractivity contribution in [3.63, 3.8) is 0 Å². The monoisotopic (exact) mass is 250 g/mol. The van der Waals surface area contributed by atoms with Crippen molar-refractivity contribution >= 4 is 17.5 Å². The zero-order valence-corrected chi connectivity index (χ0v) is 9.96. The minimum absolute atomic E-state index is 0.0472. The molecule has 0 aliphatic carbocycles. The highest BCUT2D eigenvalue weighted by atomic mass is 19.1. The van der Waals surface area contributed by atoms with E-state index in [9.17, 15) is 8.78 Å². The van der Waals surface area contributed by atoms with E-state index in [1.54, 1.807) is 19.9 Å². The molecule has 0 saturated carbocycles. The van der Waals surface area contributed by atoms with Gasteiger partial charge >= 0.3 is 0 Å². The van der Waals surface area contributed by atoms with Gasteiger partial charge in [0.05, 0.1) is 0 Å². The van der Waals surface area contributed by atoms with E-state index in [0.717, 1.165) is 0 Å². The van der Waals surface area contributed by atoms with E-state index < -0.39 is 11.6 Å². The number of nitrogen functional groups attached to an aromatic ring is 1. The number of nitrogens with one attached hydrogen (secondary N) is 1. The maximum absolute atomic E-state index is 13.8. The van der Waals surface area contributed by atoms with E-state index in [1.807, 2.05) is 0 Å². The highest BCUT2D eigenvalue weighted by molar-refractivity contribution is 5.59. The first kappa shape index (κ1) is 12.2. The number of halogens is 2. The first-order valence-corrected chi connectivity index (χ1v) is 5.30. The molecule has 94 valence electrons. The second-order valence-electron chi connectivity index (χ2n) is 3.93. The average molecular weight is 250 g/mol. The van der Waals surface area contributed by atoms with E-state index in [-0.39, 0.29) is 17.5 Å². The first-order valence-electron chi connectivity index (χ1n) is 5.30. The fourth-order valence-corrected chi connectivity index (χ4v) is 1.55. The Balaban J connectivity index is 2.42. The number of nitrogens with two attached hydrogens (primary N) is 1. The normalized spacial score (nSPS) is 10.4. The van der Waals surface area contributed by atoms with Crippen LogP contribution in [0.1, 0.15) is 11.3 Å². The van der Waals surface area contributed by atoms with Crippen molar-refractivity contribution in [2.24, 2.45) is 0 Å². The zero-order chi connectivity index (χ0) is 13.3. The second-order valence-corrected chi connectivity index (χ2v) is 3.93. The van der Waals surface area contributed by atoms with Gasteiger partial charge in [0.1, 0.15) is 17.3 Å². The van der Waals surface area contributed by atoms with Gasteiger partial charge in [-0.25, -0.2) is 13.8 Å². The van der Waals surface area contributed by atoms with Crippen LogP contribution in [0, 0.1) is 25.5 Å². The number of hydrogen-bond donors (Lipinski definition) is 2. The molecule has 0 atom stereocenters. The number of aryl methyl sites for hydroxylation is 2. The molecule has 0 fully saturated rings. The minimum Gasteiger partial charge on any atom is -0.368 e. The molecule has 18 heavy (non-hydrogen) atoms. The van der Waals surface area contributed by atoms with Gasteiger partial charge in [0, 0.05) is 11.8 Å². The summed E-state index contributed by atoms with van der Waals surface area (Å²) in [5.74, 6) is -1.04. The van der Waals surface area contributed by atoms with Crippen LogP contribution in [0.25, 0.3) is 0 Å². The molecule has 1 aromatic carbocycles. The molecule has 3 N–H and O–H groups in total. The third kappa shape index (κ3) is 2.37. The lowest BCUT2D eigenvalue weighted by molar-refractivity contribution is 0.584. The molecular formula is C12H12F2N4. The van der Waals surface area contributed by atoms with Crippen molar-refractivity contribution < 1.29 is 8.78 Å². The molecular weight excluding hydrogens is 238 g/mol. The zero-order valence-electron chi connectivity index (χ0n) is 9.96. The predicted octanol–water partition coefficient (Wildman–Crippen LogP) is 2.70. The van der Waals surface area contributed by atoms with Crippen LogP contribution in [0.15, 0.2) is 18.2 Å². The molecule has 0 amide bonds. The Morgan fingerprint density at radius 2 is 1.89 bits per heavy atom. The van der Waals surface area contributed by atoms with Gasteiger partial charge in [-0.2, -0.15) is 4.98 Å². The van der Waals surface area contributed by atoms with E-state index in [2.05, 4.69) is 15.3 Å². The minimum atomic E-state index is -0.687. The van der Waals surface area contributed by atoms with Gasteiger partial charge in [-0.3, -0.25) is 0 Å². The summed E-state index contributed by atoms with van der Waals surface area (Å²) in [5, 5.41) is 2.58. The van der Waals surface area contributed by atoms with Crippen molar-refractivity contribution in [2.75, 3.05) is 11.1 Å². The molecule has 0 aliphatic rings. The fraction of sp³-hybridized carbons (Fsp3) is 0.167. The van der Waals surface area contributed by atoms with Crippen LogP contribution in [-0.4, -0.2) is 9.97 Å². The van der Waals surface area contributed by atoms with Crippen molar-refractivity contribution in [1.29, 1.82) is 0 Å². The maximum atomic E-state index is 13.8. The Morgan fingerprint density at radius 3 is 2.56 bits per heavy atom. The van der Waals surface area contributed by atoms with Crippen LogP contribution in [0.3, 0.4) is 0 Å². The van der Waals surface area contributed by atoms with Crippen molar-refractivity contribution in [1.82, 2.24) is 9.97 Å². The van der Waals surface area contributed by atoms with Crippen molar-refractivity contribution in [3.8, 4) is 0 Å². The quantitative estimate of drug-likeness (QED) is 0.860. The number of nitrogens with zero attached hydrogens (tertiary/aromatic N) is 2. The Morgan fingerprint density at radius 1 is 1.17 bits per heavy atom. The van der Waals surface area contributed by atoms with Crippen LogP contribution >= 0.6 is 0 Å². The molecule has 0 saturated heterocycles. The summed E-state index contributed by atoms with van der Waals surface area (Å²) in [5.41, 5.74) is 6.18. The number of anilines is 3. The van der Waals surface area contributed by atoms with Gasteiger partial charge in [0.25, 0.3) is 0 Å². The van der Waals surface area contributed by atoms with Crippen LogP contribution in [0.5, 0.6) is 0 Å². The number of benzene rings is 1. The number of hydrogen-bond acceptors (Lipinski definition) is 4. The van der Waals surface area contributed by atoms with E-state index >= 15 is 0 Å². The topological polar surface area (TPSA) is 63.8 Å². The lowest BCUT2D eigenvalue weighted by atomic mass is 10.2. The Bertz CT molecular complexity index is 579. The average Bonchev–Trinajstić information content (AvgIpc) is 2.28. The van der Waals surface area contributed by atoms with Crippen LogP contribution in [0.4, 0.5) is 26.2 Å². The largest absolute Gasteiger partial charge is 0.368 e. The lowest BCUT2D eigenvalue weighted by Gasteiger charge is -2.10. The Kier molecular flexibility index (Phi) is 3.10. The van der Waals surface area contributed by atoms with Crippen LogP contribution < -0.4 is 11.1 Å². The molecule has 1 heterocycles. The highest BCUT2D eigenvalue weighted by Crippen LogP contribution is 2.25. The van der Waals surface area contributed by atoms with Gasteiger partial charge in [-0.1, -0.05) is 6.07 Å². The van der Waals surface area contributed by atoms with E-state index in [4.69, 9.17) is 5.73 Å². The Hall–Kier alpha value is -2.24.